The number of fused-ring (bicyclic) bond motifs is 1. The van der Waals surface area contributed by atoms with Gasteiger partial charge in [-0.25, -0.2) is 0 Å². The van der Waals surface area contributed by atoms with E-state index in [2.05, 4.69) is 10.3 Å². The number of phenols is 1. The van der Waals surface area contributed by atoms with Crippen LogP contribution in [-0.4, -0.2) is 16.0 Å². The maximum atomic E-state index is 12.3. The topological polar surface area (TPSA) is 62.2 Å². The number of hydrogen-bond donors (Lipinski definition) is 2. The Morgan fingerprint density at radius 3 is 2.76 bits per heavy atom. The van der Waals surface area contributed by atoms with Crippen molar-refractivity contribution in [3.8, 4) is 5.75 Å². The van der Waals surface area contributed by atoms with Crippen molar-refractivity contribution in [1.29, 1.82) is 0 Å². The van der Waals surface area contributed by atoms with Gasteiger partial charge >= 0.3 is 0 Å². The molecule has 0 saturated carbocycles. The molecule has 0 unspecified atom stereocenters. The van der Waals surface area contributed by atoms with Crippen LogP contribution < -0.4 is 5.32 Å². The molecule has 0 aliphatic heterocycles. The summed E-state index contributed by atoms with van der Waals surface area (Å²) in [7, 11) is 0. The lowest BCUT2D eigenvalue weighted by molar-refractivity contribution is 0.102. The summed E-state index contributed by atoms with van der Waals surface area (Å²) < 4.78 is 0. The smallest absolute Gasteiger partial charge is 0.259 e. The molecule has 0 aliphatic rings. The highest BCUT2D eigenvalue weighted by Crippen LogP contribution is 2.29. The lowest BCUT2D eigenvalue weighted by Gasteiger charge is -2.10. The average Bonchev–Trinajstić information content (AvgIpc) is 2.50. The molecular weight excluding hydrogens is 264 g/mol. The van der Waals surface area contributed by atoms with Crippen LogP contribution in [0.4, 0.5) is 5.69 Å². The molecule has 104 valence electrons. The Morgan fingerprint density at radius 1 is 1.14 bits per heavy atom. The van der Waals surface area contributed by atoms with E-state index in [-0.39, 0.29) is 17.2 Å². The number of anilines is 1. The standard InChI is InChI=1S/C17H14N2O2/c1-11-10-18-9-8-15(11)19-17(21)14-7-6-12-4-2-3-5-13(12)16(14)20/h2-10,20H,1H3,(H,18,19,21). The number of rotatable bonds is 2. The Kier molecular flexibility index (Phi) is 3.28. The number of nitrogens with one attached hydrogen (secondary N) is 1. The maximum Gasteiger partial charge on any atom is 0.259 e. The van der Waals surface area contributed by atoms with Gasteiger partial charge in [0, 0.05) is 23.5 Å². The zero-order valence-electron chi connectivity index (χ0n) is 11.5. The summed E-state index contributed by atoms with van der Waals surface area (Å²) >= 11 is 0. The third kappa shape index (κ3) is 2.43. The first-order valence-electron chi connectivity index (χ1n) is 6.59. The van der Waals surface area contributed by atoms with E-state index in [1.165, 1.54) is 0 Å². The van der Waals surface area contributed by atoms with Crippen LogP contribution in [0.1, 0.15) is 15.9 Å². The van der Waals surface area contributed by atoms with E-state index >= 15 is 0 Å². The second-order valence-corrected chi connectivity index (χ2v) is 4.83. The molecule has 0 aliphatic carbocycles. The summed E-state index contributed by atoms with van der Waals surface area (Å²) in [4.78, 5) is 16.3. The molecule has 2 aromatic carbocycles. The molecule has 0 spiro atoms. The number of amides is 1. The van der Waals surface area contributed by atoms with E-state index < -0.39 is 0 Å². The second-order valence-electron chi connectivity index (χ2n) is 4.83. The summed E-state index contributed by atoms with van der Waals surface area (Å²) in [6.07, 6.45) is 3.29. The van der Waals surface area contributed by atoms with Gasteiger partial charge in [-0.05, 0) is 30.0 Å². The minimum Gasteiger partial charge on any atom is -0.506 e. The van der Waals surface area contributed by atoms with Gasteiger partial charge in [0.1, 0.15) is 5.75 Å². The molecule has 1 amide bonds. The fraction of sp³-hybridized carbons (Fsp3) is 0.0588. The number of carbonyl (C=O) groups is 1. The van der Waals surface area contributed by atoms with Crippen LogP contribution in [0.3, 0.4) is 0 Å². The number of pyridine rings is 1. The molecule has 2 N–H and O–H groups in total. The molecule has 1 heterocycles. The van der Waals surface area contributed by atoms with Gasteiger partial charge in [-0.3, -0.25) is 9.78 Å². The molecule has 3 rings (SSSR count). The summed E-state index contributed by atoms with van der Waals surface area (Å²) in [5.41, 5.74) is 1.80. The molecule has 0 fully saturated rings. The zero-order chi connectivity index (χ0) is 14.8. The lowest BCUT2D eigenvalue weighted by Crippen LogP contribution is -2.13. The summed E-state index contributed by atoms with van der Waals surface area (Å²) in [6, 6.07) is 12.6. The van der Waals surface area contributed by atoms with Crippen LogP contribution in [0.25, 0.3) is 10.8 Å². The summed E-state index contributed by atoms with van der Waals surface area (Å²) in [5, 5.41) is 14.6. The van der Waals surface area contributed by atoms with E-state index in [4.69, 9.17) is 0 Å². The number of carbonyl (C=O) groups excluding carboxylic acids is 1. The zero-order valence-corrected chi connectivity index (χ0v) is 11.5. The molecule has 0 saturated heterocycles. The van der Waals surface area contributed by atoms with Crippen molar-refractivity contribution in [3.05, 3.63) is 66.0 Å². The average molecular weight is 278 g/mol. The fourth-order valence-electron chi connectivity index (χ4n) is 2.24. The third-order valence-corrected chi connectivity index (χ3v) is 3.41. The quantitative estimate of drug-likeness (QED) is 0.754. The Labute approximate surface area is 122 Å². The number of aryl methyl sites for hydroxylation is 1. The van der Waals surface area contributed by atoms with E-state index in [0.717, 1.165) is 10.9 Å². The molecule has 0 atom stereocenters. The maximum absolute atomic E-state index is 12.3. The van der Waals surface area contributed by atoms with Crippen LogP contribution >= 0.6 is 0 Å². The highest BCUT2D eigenvalue weighted by molar-refractivity contribution is 6.10. The first-order valence-corrected chi connectivity index (χ1v) is 6.59. The van der Waals surface area contributed by atoms with E-state index in [9.17, 15) is 9.90 Å². The van der Waals surface area contributed by atoms with Gasteiger partial charge in [0.15, 0.2) is 0 Å². The largest absolute Gasteiger partial charge is 0.506 e. The van der Waals surface area contributed by atoms with Gasteiger partial charge in [0.05, 0.1) is 5.56 Å². The molecule has 3 aromatic rings. The lowest BCUT2D eigenvalue weighted by atomic mass is 10.0. The molecule has 1 aromatic heterocycles. The van der Waals surface area contributed by atoms with Crippen molar-refractivity contribution >= 4 is 22.4 Å². The first kappa shape index (κ1) is 13.1. The number of aromatic nitrogens is 1. The van der Waals surface area contributed by atoms with Gasteiger partial charge in [0.25, 0.3) is 5.91 Å². The number of hydrogen-bond acceptors (Lipinski definition) is 3. The van der Waals surface area contributed by atoms with Gasteiger partial charge in [-0.1, -0.05) is 30.3 Å². The van der Waals surface area contributed by atoms with Crippen LogP contribution in [0.5, 0.6) is 5.75 Å². The molecule has 21 heavy (non-hydrogen) atoms. The molecule has 4 heteroatoms. The van der Waals surface area contributed by atoms with Crippen LogP contribution in [0, 0.1) is 6.92 Å². The predicted octanol–water partition coefficient (Wildman–Crippen LogP) is 3.50. The monoisotopic (exact) mass is 278 g/mol. The number of nitrogens with zero attached hydrogens (tertiary/aromatic N) is 1. The Balaban J connectivity index is 1.99. The Bertz CT molecular complexity index is 828. The molecule has 0 bridgehead atoms. The molecule has 0 radical (unpaired) electrons. The number of benzene rings is 2. The fourth-order valence-corrected chi connectivity index (χ4v) is 2.24. The molecule has 4 nitrogen and oxygen atoms in total. The van der Waals surface area contributed by atoms with Crippen molar-refractivity contribution < 1.29 is 9.90 Å². The van der Waals surface area contributed by atoms with Gasteiger partial charge in [-0.15, -0.1) is 0 Å². The number of aromatic hydroxyl groups is 1. The van der Waals surface area contributed by atoms with Crippen molar-refractivity contribution in [2.45, 2.75) is 6.92 Å². The first-order chi connectivity index (χ1) is 10.2. The van der Waals surface area contributed by atoms with Gasteiger partial charge in [-0.2, -0.15) is 0 Å². The predicted molar refractivity (Wildman–Crippen MR) is 82.5 cm³/mol. The SMILES string of the molecule is Cc1cnccc1NC(=O)c1ccc2ccccc2c1O. The molecular formula is C17H14N2O2. The van der Waals surface area contributed by atoms with E-state index in [1.807, 2.05) is 31.2 Å². The normalized spacial score (nSPS) is 10.5. The van der Waals surface area contributed by atoms with E-state index in [0.29, 0.717) is 11.1 Å². The summed E-state index contributed by atoms with van der Waals surface area (Å²) in [5.74, 6) is -0.343. The summed E-state index contributed by atoms with van der Waals surface area (Å²) in [6.45, 7) is 1.86. The van der Waals surface area contributed by atoms with Crippen molar-refractivity contribution in [3.63, 3.8) is 0 Å². The van der Waals surface area contributed by atoms with Gasteiger partial charge < -0.3 is 10.4 Å². The Morgan fingerprint density at radius 2 is 1.95 bits per heavy atom. The number of phenolic OH excluding ortho intramolecular Hbond substituents is 1. The van der Waals surface area contributed by atoms with Crippen molar-refractivity contribution in [2.75, 3.05) is 5.32 Å². The Hall–Kier alpha value is -2.88. The minimum atomic E-state index is -0.340. The van der Waals surface area contributed by atoms with Gasteiger partial charge in [0.2, 0.25) is 0 Å². The third-order valence-electron chi connectivity index (χ3n) is 3.41. The van der Waals surface area contributed by atoms with Crippen molar-refractivity contribution in [2.24, 2.45) is 0 Å². The van der Waals surface area contributed by atoms with E-state index in [1.54, 1.807) is 30.6 Å². The highest BCUT2D eigenvalue weighted by Gasteiger charge is 2.14. The van der Waals surface area contributed by atoms with Crippen LogP contribution in [0.2, 0.25) is 0 Å². The highest BCUT2D eigenvalue weighted by atomic mass is 16.3. The van der Waals surface area contributed by atoms with Crippen LogP contribution in [0.15, 0.2) is 54.9 Å². The van der Waals surface area contributed by atoms with Crippen LogP contribution in [-0.2, 0) is 0 Å². The second kappa shape index (κ2) is 5.25. The minimum absolute atomic E-state index is 0.00249. The van der Waals surface area contributed by atoms with Crippen molar-refractivity contribution in [1.82, 2.24) is 4.98 Å².